The van der Waals surface area contributed by atoms with Crippen molar-refractivity contribution in [2.24, 2.45) is 17.8 Å². The molecule has 29 heavy (non-hydrogen) atoms. The molecule has 0 aliphatic carbocycles. The number of aliphatic hydroxyl groups excluding tert-OH is 1. The molecule has 0 amide bonds. The normalized spacial score (nSPS) is 53.7. The van der Waals surface area contributed by atoms with E-state index in [9.17, 15) is 9.90 Å². The Bertz CT molecular complexity index is 865. The summed E-state index contributed by atoms with van der Waals surface area (Å²) in [6.07, 6.45) is 3.88. The van der Waals surface area contributed by atoms with Gasteiger partial charge in [0.05, 0.1) is 42.3 Å². The number of ether oxygens (including phenoxy) is 4. The van der Waals surface area contributed by atoms with Gasteiger partial charge in [0, 0.05) is 18.5 Å². The molecular weight excluding hydrogens is 374 g/mol. The summed E-state index contributed by atoms with van der Waals surface area (Å²) in [6.45, 7) is 6.74. The highest BCUT2D eigenvalue weighted by molar-refractivity contribution is 5.93. The number of nitrogens with zero attached hydrogens (tertiary/aromatic N) is 1. The van der Waals surface area contributed by atoms with Crippen molar-refractivity contribution < 1.29 is 28.8 Å². The van der Waals surface area contributed by atoms with Gasteiger partial charge in [-0.25, -0.2) is 4.79 Å². The number of methoxy groups -OCH3 is 1. The average molecular weight is 403 g/mol. The van der Waals surface area contributed by atoms with Gasteiger partial charge in [0.25, 0.3) is 0 Å². The largest absolute Gasteiger partial charge is 0.492 e. The molecule has 7 nitrogen and oxygen atoms in total. The van der Waals surface area contributed by atoms with E-state index in [1.807, 2.05) is 0 Å². The fraction of sp³-hybridized carbons (Fsp3) is 0.773. The van der Waals surface area contributed by atoms with E-state index in [0.29, 0.717) is 35.4 Å². The highest BCUT2D eigenvalue weighted by atomic mass is 16.7. The van der Waals surface area contributed by atoms with Gasteiger partial charge in [-0.2, -0.15) is 0 Å². The first-order valence-electron chi connectivity index (χ1n) is 10.9. The lowest BCUT2D eigenvalue weighted by atomic mass is 9.69. The Kier molecular flexibility index (Phi) is 3.49. The van der Waals surface area contributed by atoms with Crippen LogP contribution in [0, 0.1) is 17.8 Å². The molecule has 6 aliphatic heterocycles. The number of hydrogen-bond acceptors (Lipinski definition) is 7. The zero-order valence-electron chi connectivity index (χ0n) is 17.4. The number of fused-ring (bicyclic) bond motifs is 1. The third-order valence-electron chi connectivity index (χ3n) is 8.52. The van der Waals surface area contributed by atoms with Crippen LogP contribution in [0.2, 0.25) is 0 Å². The Morgan fingerprint density at radius 1 is 1.38 bits per heavy atom. The molecule has 5 fully saturated rings. The van der Waals surface area contributed by atoms with E-state index in [1.165, 1.54) is 0 Å². The van der Waals surface area contributed by atoms with E-state index in [-0.39, 0.29) is 29.4 Å². The van der Waals surface area contributed by atoms with Crippen LogP contribution in [0.25, 0.3) is 0 Å². The second kappa shape index (κ2) is 5.56. The summed E-state index contributed by atoms with van der Waals surface area (Å²) >= 11 is 0. The van der Waals surface area contributed by atoms with E-state index in [4.69, 9.17) is 18.9 Å². The van der Waals surface area contributed by atoms with Gasteiger partial charge in [-0.1, -0.05) is 26.7 Å². The van der Waals surface area contributed by atoms with E-state index in [2.05, 4.69) is 18.7 Å². The number of carbonyl (C=O) groups excluding carboxylic acids is 1. The van der Waals surface area contributed by atoms with Crippen LogP contribution in [-0.4, -0.2) is 59.2 Å². The van der Waals surface area contributed by atoms with Crippen molar-refractivity contribution in [1.29, 1.82) is 0 Å². The minimum atomic E-state index is -0.836. The summed E-state index contributed by atoms with van der Waals surface area (Å²) in [5, 5.41) is 11.1. The predicted octanol–water partition coefficient (Wildman–Crippen LogP) is 2.06. The van der Waals surface area contributed by atoms with Crippen molar-refractivity contribution in [2.75, 3.05) is 13.7 Å². The maximum Gasteiger partial charge on any atom is 0.343 e. The standard InChI is InChI=1S/C22H29NO6/c1-5-6-7-21-14-8-12-15-10(2)17(18-16(26-4)11(3)20(25)27-18)29-22(15,28-14)19(21)13(24)9-23(12)21/h10,12-15,19,24H,5-9H2,1-4H3/t10-,12-,13-,14-,15+,19+,21+,22-/m1/s1. The number of allylic oxidation sites excluding steroid dienone is 1. The zero-order chi connectivity index (χ0) is 20.3. The number of β-amino-alcohol motifs (C(OH)–C–C–N with tert-alkyl or cyclic N) is 1. The van der Waals surface area contributed by atoms with Crippen LogP contribution in [0.15, 0.2) is 22.9 Å². The van der Waals surface area contributed by atoms with Crippen molar-refractivity contribution >= 4 is 5.97 Å². The summed E-state index contributed by atoms with van der Waals surface area (Å²) < 4.78 is 24.4. The van der Waals surface area contributed by atoms with Crippen LogP contribution in [0.5, 0.6) is 0 Å². The number of unbranched alkanes of at least 4 members (excludes halogenated alkanes) is 1. The molecule has 6 heterocycles. The summed E-state index contributed by atoms with van der Waals surface area (Å²) in [5.41, 5.74) is 0.330. The number of rotatable bonds is 4. The van der Waals surface area contributed by atoms with Crippen molar-refractivity contribution in [3.63, 3.8) is 0 Å². The Hall–Kier alpha value is -1.57. The van der Waals surface area contributed by atoms with Crippen molar-refractivity contribution in [2.45, 2.75) is 76.0 Å². The number of piperidine rings is 1. The van der Waals surface area contributed by atoms with Crippen LogP contribution >= 0.6 is 0 Å². The topological polar surface area (TPSA) is 77.5 Å². The highest BCUT2D eigenvalue weighted by Crippen LogP contribution is 2.73. The first kappa shape index (κ1) is 18.2. The van der Waals surface area contributed by atoms with Gasteiger partial charge in [-0.05, 0) is 19.8 Å². The van der Waals surface area contributed by atoms with Gasteiger partial charge >= 0.3 is 5.97 Å². The van der Waals surface area contributed by atoms with Crippen molar-refractivity contribution in [3.05, 3.63) is 22.9 Å². The van der Waals surface area contributed by atoms with E-state index in [0.717, 1.165) is 25.7 Å². The highest BCUT2D eigenvalue weighted by Gasteiger charge is 2.86. The zero-order valence-corrected chi connectivity index (χ0v) is 17.4. The third kappa shape index (κ3) is 1.81. The van der Waals surface area contributed by atoms with Gasteiger partial charge < -0.3 is 24.1 Å². The van der Waals surface area contributed by atoms with E-state index >= 15 is 0 Å². The second-order valence-corrected chi connectivity index (χ2v) is 9.58. The van der Waals surface area contributed by atoms with Gasteiger partial charge in [0.2, 0.25) is 11.5 Å². The first-order chi connectivity index (χ1) is 13.9. The van der Waals surface area contributed by atoms with Crippen LogP contribution < -0.4 is 0 Å². The molecule has 0 aromatic heterocycles. The maximum atomic E-state index is 12.2. The molecule has 6 rings (SSSR count). The number of carbonyl (C=O) groups is 1. The van der Waals surface area contributed by atoms with Gasteiger partial charge in [0.1, 0.15) is 5.76 Å². The smallest absolute Gasteiger partial charge is 0.343 e. The van der Waals surface area contributed by atoms with Crippen LogP contribution in [0.3, 0.4) is 0 Å². The Morgan fingerprint density at radius 3 is 2.90 bits per heavy atom. The van der Waals surface area contributed by atoms with Crippen molar-refractivity contribution in [3.8, 4) is 0 Å². The molecule has 9 atom stereocenters. The molecule has 1 unspecified atom stereocenters. The third-order valence-corrected chi connectivity index (χ3v) is 8.52. The van der Waals surface area contributed by atoms with Gasteiger partial charge in [0.15, 0.2) is 5.76 Å². The molecular formula is C22H29NO6. The molecule has 0 saturated carbocycles. The molecule has 7 heteroatoms. The number of hydrogen-bond donors (Lipinski definition) is 1. The predicted molar refractivity (Wildman–Crippen MR) is 101 cm³/mol. The van der Waals surface area contributed by atoms with E-state index in [1.54, 1.807) is 14.0 Å². The minimum Gasteiger partial charge on any atom is -0.492 e. The van der Waals surface area contributed by atoms with E-state index < -0.39 is 17.9 Å². The molecule has 158 valence electrons. The van der Waals surface area contributed by atoms with Crippen LogP contribution in [0.1, 0.15) is 46.5 Å². The summed E-state index contributed by atoms with van der Waals surface area (Å²) in [6, 6.07) is 0.320. The number of aliphatic hydroxyl groups is 1. The lowest BCUT2D eigenvalue weighted by Crippen LogP contribution is -2.62. The van der Waals surface area contributed by atoms with Crippen molar-refractivity contribution in [1.82, 2.24) is 4.90 Å². The summed E-state index contributed by atoms with van der Waals surface area (Å²) in [5.74, 6) is 0.275. The molecule has 5 saturated heterocycles. The number of esters is 1. The Labute approximate surface area is 170 Å². The quantitative estimate of drug-likeness (QED) is 0.720. The van der Waals surface area contributed by atoms with Gasteiger partial charge in [-0.15, -0.1) is 0 Å². The molecule has 0 aromatic rings. The SMILES string of the molecule is CCCC[C@]12[C@@H]3[C@H](O)CN1[C@@H]1C[C@H]2O[C@]32OC(=C3OC(=O)C(C)=C3OC)[C@H](C)[C@@H]12. The Balaban J connectivity index is 1.48. The molecule has 1 spiro atoms. The fourth-order valence-corrected chi connectivity index (χ4v) is 7.65. The molecule has 0 aromatic carbocycles. The van der Waals surface area contributed by atoms with Gasteiger partial charge in [-0.3, -0.25) is 4.90 Å². The molecule has 1 N–H and O–H groups in total. The molecule has 6 aliphatic rings. The number of cyclic esters (lactones) is 1. The monoisotopic (exact) mass is 403 g/mol. The summed E-state index contributed by atoms with van der Waals surface area (Å²) in [4.78, 5) is 14.7. The van der Waals surface area contributed by atoms with Crippen LogP contribution in [-0.2, 0) is 23.7 Å². The first-order valence-corrected chi connectivity index (χ1v) is 10.9. The minimum absolute atomic E-state index is 0.0115. The fourth-order valence-electron chi connectivity index (χ4n) is 7.65. The lowest BCUT2D eigenvalue weighted by molar-refractivity contribution is -0.263. The maximum absolute atomic E-state index is 12.2. The lowest BCUT2D eigenvalue weighted by Gasteiger charge is -2.48. The summed E-state index contributed by atoms with van der Waals surface area (Å²) in [7, 11) is 1.54. The molecule has 0 radical (unpaired) electrons. The second-order valence-electron chi connectivity index (χ2n) is 9.58. The molecule has 5 bridgehead atoms. The van der Waals surface area contributed by atoms with Crippen LogP contribution in [0.4, 0.5) is 0 Å². The average Bonchev–Trinajstić information content (AvgIpc) is 3.37. The Morgan fingerprint density at radius 2 is 2.17 bits per heavy atom.